The molecule has 1 aromatic heterocycles. The molecular weight excluding hydrogens is 386 g/mol. The van der Waals surface area contributed by atoms with Crippen LogP contribution < -0.4 is 11.0 Å². The zero-order valence-corrected chi connectivity index (χ0v) is 16.5. The predicted molar refractivity (Wildman–Crippen MR) is 98.6 cm³/mol. The third kappa shape index (κ3) is 5.88. The van der Waals surface area contributed by atoms with Crippen LogP contribution in [0.4, 0.5) is 5.82 Å². The molecule has 11 heteroatoms. The summed E-state index contributed by atoms with van der Waals surface area (Å²) in [5.41, 5.74) is -0.730. The number of esters is 2. The summed E-state index contributed by atoms with van der Waals surface area (Å²) in [6.45, 7) is 8.77. The Kier molecular flexibility index (Phi) is 7.10. The summed E-state index contributed by atoms with van der Waals surface area (Å²) in [7, 11) is 0. The van der Waals surface area contributed by atoms with Gasteiger partial charge in [-0.1, -0.05) is 6.58 Å². The summed E-state index contributed by atoms with van der Waals surface area (Å²) in [6.07, 6.45) is -2.51. The largest absolute Gasteiger partial charge is 0.487 e. The van der Waals surface area contributed by atoms with E-state index >= 15 is 0 Å². The number of aromatic nitrogens is 2. The fourth-order valence-corrected chi connectivity index (χ4v) is 2.81. The van der Waals surface area contributed by atoms with Crippen LogP contribution in [0.3, 0.4) is 0 Å². The van der Waals surface area contributed by atoms with E-state index in [9.17, 15) is 19.2 Å². The van der Waals surface area contributed by atoms with E-state index in [1.54, 1.807) is 6.92 Å². The molecular formula is C18H23N3O8. The number of rotatable bonds is 7. The molecule has 2 rings (SSSR count). The molecule has 1 aromatic rings. The van der Waals surface area contributed by atoms with Gasteiger partial charge in [-0.25, -0.2) is 4.79 Å². The van der Waals surface area contributed by atoms with Crippen molar-refractivity contribution in [2.75, 3.05) is 11.9 Å². The zero-order valence-electron chi connectivity index (χ0n) is 16.5. The van der Waals surface area contributed by atoms with Crippen LogP contribution in [0.2, 0.25) is 0 Å². The molecule has 11 nitrogen and oxygen atoms in total. The first-order valence-electron chi connectivity index (χ1n) is 8.73. The number of carbonyl (C=O) groups excluding carboxylic acids is 3. The molecule has 29 heavy (non-hydrogen) atoms. The van der Waals surface area contributed by atoms with Crippen LogP contribution in [-0.4, -0.2) is 52.3 Å². The maximum atomic E-state index is 12.5. The van der Waals surface area contributed by atoms with E-state index in [1.165, 1.54) is 33.0 Å². The van der Waals surface area contributed by atoms with Gasteiger partial charge in [0, 0.05) is 27.0 Å². The minimum absolute atomic E-state index is 0.0714. The Hall–Kier alpha value is -3.21. The van der Waals surface area contributed by atoms with Gasteiger partial charge in [0.2, 0.25) is 5.91 Å². The van der Waals surface area contributed by atoms with Crippen molar-refractivity contribution >= 4 is 23.7 Å². The van der Waals surface area contributed by atoms with Crippen LogP contribution in [0, 0.1) is 0 Å². The third-order valence-corrected chi connectivity index (χ3v) is 3.78. The molecule has 1 amide bonds. The van der Waals surface area contributed by atoms with Gasteiger partial charge < -0.3 is 24.3 Å². The van der Waals surface area contributed by atoms with Crippen molar-refractivity contribution in [2.45, 2.75) is 52.2 Å². The molecule has 0 bridgehead atoms. The van der Waals surface area contributed by atoms with E-state index in [1.807, 2.05) is 0 Å². The van der Waals surface area contributed by atoms with Gasteiger partial charge in [-0.3, -0.25) is 19.0 Å². The molecule has 158 valence electrons. The molecule has 0 spiro atoms. The third-order valence-electron chi connectivity index (χ3n) is 3.78. The second kappa shape index (κ2) is 9.32. The number of hydrogen-bond acceptors (Lipinski definition) is 9. The van der Waals surface area contributed by atoms with E-state index in [2.05, 4.69) is 16.9 Å². The highest BCUT2D eigenvalue weighted by Gasteiger charge is 2.50. The van der Waals surface area contributed by atoms with Gasteiger partial charge in [-0.15, -0.1) is 0 Å². The first kappa shape index (κ1) is 22.1. The molecule has 1 aliphatic rings. The maximum absolute atomic E-state index is 12.5. The van der Waals surface area contributed by atoms with E-state index in [0.29, 0.717) is 5.76 Å². The number of anilines is 1. The Morgan fingerprint density at radius 1 is 1.17 bits per heavy atom. The van der Waals surface area contributed by atoms with Crippen molar-refractivity contribution in [2.24, 2.45) is 0 Å². The van der Waals surface area contributed by atoms with Gasteiger partial charge >= 0.3 is 17.6 Å². The first-order chi connectivity index (χ1) is 13.6. The number of carbonyl (C=O) groups is 3. The minimum atomic E-state index is -1.05. The summed E-state index contributed by atoms with van der Waals surface area (Å²) >= 11 is 0. The fourth-order valence-electron chi connectivity index (χ4n) is 2.81. The summed E-state index contributed by atoms with van der Waals surface area (Å²) in [4.78, 5) is 50.2. The number of hydrogen-bond donors (Lipinski definition) is 1. The lowest BCUT2D eigenvalue weighted by atomic mass is 10.1. The molecule has 4 unspecified atom stereocenters. The lowest BCUT2D eigenvalue weighted by Crippen LogP contribution is -2.40. The Morgan fingerprint density at radius 3 is 2.38 bits per heavy atom. The lowest BCUT2D eigenvalue weighted by molar-refractivity contribution is -0.157. The highest BCUT2D eigenvalue weighted by atomic mass is 16.6. The Bertz CT molecular complexity index is 865. The van der Waals surface area contributed by atoms with E-state index in [4.69, 9.17) is 18.9 Å². The van der Waals surface area contributed by atoms with Crippen LogP contribution in [0.1, 0.15) is 33.9 Å². The second-order valence-corrected chi connectivity index (χ2v) is 6.41. The average Bonchev–Trinajstić information content (AvgIpc) is 2.89. The second-order valence-electron chi connectivity index (χ2n) is 6.41. The fraction of sp³-hybridized carbons (Fsp3) is 0.500. The smallest absolute Gasteiger partial charge is 0.351 e. The van der Waals surface area contributed by atoms with Gasteiger partial charge in [-0.2, -0.15) is 4.98 Å². The van der Waals surface area contributed by atoms with Crippen LogP contribution in [0.15, 0.2) is 29.4 Å². The number of nitrogens with zero attached hydrogens (tertiary/aromatic N) is 2. The van der Waals surface area contributed by atoms with E-state index in [-0.39, 0.29) is 18.3 Å². The number of nitrogens with one attached hydrogen (secondary N) is 1. The van der Waals surface area contributed by atoms with E-state index in [0.717, 1.165) is 4.57 Å². The van der Waals surface area contributed by atoms with Crippen molar-refractivity contribution in [3.8, 4) is 0 Å². The predicted octanol–water partition coefficient (Wildman–Crippen LogP) is 0.513. The quantitative estimate of drug-likeness (QED) is 0.505. The number of amides is 1. The SMILES string of the molecule is C=C(C)OC1C(OC(C)=O)C(COC(C)=O)OC1n1ccc(NC(C)=O)nc1=O. The van der Waals surface area contributed by atoms with Gasteiger partial charge in [0.15, 0.2) is 18.4 Å². The molecule has 0 aliphatic carbocycles. The van der Waals surface area contributed by atoms with Crippen molar-refractivity contribution < 1.29 is 33.3 Å². The van der Waals surface area contributed by atoms with Crippen molar-refractivity contribution in [1.29, 1.82) is 0 Å². The van der Waals surface area contributed by atoms with Gasteiger partial charge in [0.25, 0.3) is 0 Å². The summed E-state index contributed by atoms with van der Waals surface area (Å²) in [5.74, 6) is -1.16. The van der Waals surface area contributed by atoms with Crippen molar-refractivity contribution in [3.05, 3.63) is 35.1 Å². The molecule has 1 fully saturated rings. The zero-order chi connectivity index (χ0) is 21.7. The Labute approximate surface area is 166 Å². The van der Waals surface area contributed by atoms with Crippen molar-refractivity contribution in [3.63, 3.8) is 0 Å². The first-order valence-corrected chi connectivity index (χ1v) is 8.73. The normalized spacial score (nSPS) is 23.2. The molecule has 1 aliphatic heterocycles. The summed E-state index contributed by atoms with van der Waals surface area (Å²) in [6, 6.07) is 1.41. The van der Waals surface area contributed by atoms with Crippen LogP contribution in [-0.2, 0) is 33.3 Å². The van der Waals surface area contributed by atoms with Crippen LogP contribution in [0.25, 0.3) is 0 Å². The Balaban J connectivity index is 2.40. The van der Waals surface area contributed by atoms with Crippen LogP contribution >= 0.6 is 0 Å². The molecule has 0 aromatic carbocycles. The Morgan fingerprint density at radius 2 is 1.86 bits per heavy atom. The lowest BCUT2D eigenvalue weighted by Gasteiger charge is -2.25. The van der Waals surface area contributed by atoms with Crippen molar-refractivity contribution in [1.82, 2.24) is 9.55 Å². The average molecular weight is 409 g/mol. The van der Waals surface area contributed by atoms with Gasteiger partial charge in [0.1, 0.15) is 18.5 Å². The molecule has 1 N–H and O–H groups in total. The van der Waals surface area contributed by atoms with Gasteiger partial charge in [0.05, 0.1) is 5.76 Å². The van der Waals surface area contributed by atoms with E-state index < -0.39 is 42.2 Å². The molecule has 4 atom stereocenters. The summed E-state index contributed by atoms with van der Waals surface area (Å²) in [5, 5.41) is 2.41. The highest BCUT2D eigenvalue weighted by molar-refractivity contribution is 5.87. The van der Waals surface area contributed by atoms with Crippen LogP contribution in [0.5, 0.6) is 0 Å². The number of ether oxygens (including phenoxy) is 4. The molecule has 0 radical (unpaired) electrons. The standard InChI is InChI=1S/C18H23N3O8/c1-9(2)27-16-15(28-12(5)24)13(8-26-11(4)23)29-17(16)21-7-6-14(19-10(3)22)20-18(21)25/h6-7,13,15-17H,1,8H2,2-5H3,(H,19,20,22,25). The molecule has 2 heterocycles. The monoisotopic (exact) mass is 409 g/mol. The molecule has 1 saturated heterocycles. The molecule has 0 saturated carbocycles. The minimum Gasteiger partial charge on any atom is -0.487 e. The van der Waals surface area contributed by atoms with Gasteiger partial charge in [-0.05, 0) is 13.0 Å². The highest BCUT2D eigenvalue weighted by Crippen LogP contribution is 2.34. The topological polar surface area (TPSA) is 135 Å². The maximum Gasteiger partial charge on any atom is 0.351 e. The summed E-state index contributed by atoms with van der Waals surface area (Å²) < 4.78 is 23.0. The number of allylic oxidation sites excluding steroid dienone is 1.